The Hall–Kier alpha value is -2.07. The first-order valence-corrected chi connectivity index (χ1v) is 10.2. The Bertz CT molecular complexity index is 760. The molecule has 2 N–H and O–H groups in total. The fraction of sp³-hybridized carbons (Fsp3) is 0.542. The van der Waals surface area contributed by atoms with E-state index in [1.54, 1.807) is 0 Å². The molecule has 4 nitrogen and oxygen atoms in total. The van der Waals surface area contributed by atoms with Crippen LogP contribution in [0.3, 0.4) is 0 Å². The number of rotatable bonds is 9. The van der Waals surface area contributed by atoms with Gasteiger partial charge in [-0.25, -0.2) is 4.79 Å². The van der Waals surface area contributed by atoms with E-state index in [1.165, 1.54) is 12.7 Å². The predicted molar refractivity (Wildman–Crippen MR) is 113 cm³/mol. The van der Waals surface area contributed by atoms with Gasteiger partial charge in [-0.05, 0) is 56.6 Å². The number of carboxylic acid groups (broad SMARTS) is 1. The minimum absolute atomic E-state index is 0.0360. The summed E-state index contributed by atoms with van der Waals surface area (Å²) >= 11 is 0. The number of aliphatic hydroxyl groups is 1. The third kappa shape index (κ3) is 4.67. The number of aromatic carboxylic acids is 1. The van der Waals surface area contributed by atoms with Gasteiger partial charge < -0.3 is 14.9 Å². The smallest absolute Gasteiger partial charge is 0.339 e. The Morgan fingerprint density at radius 1 is 1.32 bits per heavy atom. The summed E-state index contributed by atoms with van der Waals surface area (Å²) in [6.07, 6.45) is 7.87. The number of hydrogen-bond acceptors (Lipinski definition) is 3. The summed E-state index contributed by atoms with van der Waals surface area (Å²) in [5.74, 6) is -0.410. The van der Waals surface area contributed by atoms with Gasteiger partial charge in [0.05, 0.1) is 13.7 Å². The summed E-state index contributed by atoms with van der Waals surface area (Å²) in [5.41, 5.74) is 4.89. The molecule has 1 aliphatic carbocycles. The normalized spacial score (nSPS) is 19.2. The van der Waals surface area contributed by atoms with E-state index < -0.39 is 5.97 Å². The minimum atomic E-state index is -0.975. The van der Waals surface area contributed by atoms with Gasteiger partial charge in [0.15, 0.2) is 0 Å². The van der Waals surface area contributed by atoms with Gasteiger partial charge in [-0.15, -0.1) is 0 Å². The van der Waals surface area contributed by atoms with E-state index in [-0.39, 0.29) is 24.0 Å². The zero-order chi connectivity index (χ0) is 20.8. The number of methoxy groups -OCH3 is 1. The largest absolute Gasteiger partial charge is 0.496 e. The molecule has 0 fully saturated rings. The van der Waals surface area contributed by atoms with Crippen molar-refractivity contribution < 1.29 is 19.7 Å². The predicted octanol–water partition coefficient (Wildman–Crippen LogP) is 5.63. The number of unbranched alkanes of at least 4 members (excludes halogenated alkanes) is 2. The van der Waals surface area contributed by atoms with Crippen molar-refractivity contribution in [2.75, 3.05) is 7.11 Å². The lowest BCUT2D eigenvalue weighted by molar-refractivity contribution is 0.0691. The molecular weight excluding hydrogens is 352 g/mol. The van der Waals surface area contributed by atoms with Crippen molar-refractivity contribution in [2.45, 2.75) is 71.8 Å². The zero-order valence-electron chi connectivity index (χ0n) is 17.7. The second-order valence-corrected chi connectivity index (χ2v) is 7.97. The molecule has 0 radical (unpaired) electrons. The lowest BCUT2D eigenvalue weighted by Crippen LogP contribution is -2.21. The van der Waals surface area contributed by atoms with Crippen molar-refractivity contribution >= 4 is 5.97 Å². The number of aliphatic hydroxyl groups excluding tert-OH is 1. The number of hydrogen-bond donors (Lipinski definition) is 2. The Morgan fingerprint density at radius 3 is 2.57 bits per heavy atom. The molecule has 1 aliphatic rings. The Kier molecular flexibility index (Phi) is 7.88. The maximum absolute atomic E-state index is 12.2. The van der Waals surface area contributed by atoms with Gasteiger partial charge in [0.2, 0.25) is 0 Å². The number of carboxylic acids is 1. The van der Waals surface area contributed by atoms with Crippen molar-refractivity contribution in [1.82, 2.24) is 0 Å². The standard InChI is InChI=1S/C24H34O4/c1-6-7-8-9-17-13-18(14-25)21(23(28-5)22(17)24(26)27)20-12-16(4)10-11-19(20)15(2)3/h12-13,19-20,25H,2,6-11,14H2,1,3-5H3,(H,26,27). The van der Waals surface area contributed by atoms with Gasteiger partial charge in [0.1, 0.15) is 11.3 Å². The summed E-state index contributed by atoms with van der Waals surface area (Å²) < 4.78 is 5.69. The highest BCUT2D eigenvalue weighted by Crippen LogP contribution is 2.46. The third-order valence-electron chi connectivity index (χ3n) is 5.84. The molecule has 154 valence electrons. The highest BCUT2D eigenvalue weighted by Gasteiger charge is 2.33. The number of ether oxygens (including phenoxy) is 1. The van der Waals surface area contributed by atoms with Crippen molar-refractivity contribution in [3.63, 3.8) is 0 Å². The summed E-state index contributed by atoms with van der Waals surface area (Å²) in [4.78, 5) is 12.2. The van der Waals surface area contributed by atoms with Gasteiger partial charge in [-0.3, -0.25) is 0 Å². The van der Waals surface area contributed by atoms with E-state index in [1.807, 2.05) is 13.0 Å². The fourth-order valence-corrected chi connectivity index (χ4v) is 4.40. The summed E-state index contributed by atoms with van der Waals surface area (Å²) in [6.45, 7) is 10.3. The number of allylic oxidation sites excluding steroid dienone is 3. The molecule has 0 bridgehead atoms. The Morgan fingerprint density at radius 2 is 2.04 bits per heavy atom. The molecule has 0 aliphatic heterocycles. The van der Waals surface area contributed by atoms with Gasteiger partial charge in [0.25, 0.3) is 0 Å². The molecule has 0 amide bonds. The highest BCUT2D eigenvalue weighted by atomic mass is 16.5. The van der Waals surface area contributed by atoms with Crippen molar-refractivity contribution in [3.05, 3.63) is 52.1 Å². The van der Waals surface area contributed by atoms with E-state index in [9.17, 15) is 15.0 Å². The molecule has 0 heterocycles. The first-order valence-electron chi connectivity index (χ1n) is 10.2. The SMILES string of the molecule is C=C(C)C1CCC(C)=CC1c1c(CO)cc(CCCCC)c(C(=O)O)c1OC. The van der Waals surface area contributed by atoms with Crippen molar-refractivity contribution in [2.24, 2.45) is 5.92 Å². The van der Waals surface area contributed by atoms with Crippen LogP contribution in [0.5, 0.6) is 5.75 Å². The number of benzene rings is 1. The molecule has 2 unspecified atom stereocenters. The molecule has 0 aromatic heterocycles. The maximum Gasteiger partial charge on any atom is 0.339 e. The second kappa shape index (κ2) is 9.92. The molecule has 4 heteroatoms. The first-order chi connectivity index (χ1) is 13.3. The van der Waals surface area contributed by atoms with Crippen LogP contribution in [0.4, 0.5) is 0 Å². The zero-order valence-corrected chi connectivity index (χ0v) is 17.7. The lowest BCUT2D eigenvalue weighted by Gasteiger charge is -2.33. The molecular formula is C24H34O4. The molecule has 1 aromatic rings. The first kappa shape index (κ1) is 22.2. The lowest BCUT2D eigenvalue weighted by atomic mass is 9.72. The van der Waals surface area contributed by atoms with Gasteiger partial charge >= 0.3 is 5.97 Å². The average molecular weight is 387 g/mol. The molecule has 1 aromatic carbocycles. The van der Waals surface area contributed by atoms with E-state index in [0.29, 0.717) is 12.2 Å². The van der Waals surface area contributed by atoms with Crippen LogP contribution >= 0.6 is 0 Å². The molecule has 0 spiro atoms. The van der Waals surface area contributed by atoms with E-state index in [0.717, 1.165) is 54.4 Å². The van der Waals surface area contributed by atoms with Gasteiger partial charge in [-0.2, -0.15) is 0 Å². The van der Waals surface area contributed by atoms with Crippen LogP contribution in [0.2, 0.25) is 0 Å². The fourth-order valence-electron chi connectivity index (χ4n) is 4.40. The molecule has 28 heavy (non-hydrogen) atoms. The van der Waals surface area contributed by atoms with Crippen LogP contribution in [0, 0.1) is 5.92 Å². The van der Waals surface area contributed by atoms with Crippen LogP contribution in [-0.2, 0) is 13.0 Å². The third-order valence-corrected chi connectivity index (χ3v) is 5.84. The quantitative estimate of drug-likeness (QED) is 0.426. The van der Waals surface area contributed by atoms with E-state index in [4.69, 9.17) is 4.74 Å². The average Bonchev–Trinajstić information content (AvgIpc) is 2.66. The number of aryl methyl sites for hydroxylation is 1. The Balaban J connectivity index is 2.71. The van der Waals surface area contributed by atoms with Crippen molar-refractivity contribution in [3.8, 4) is 5.75 Å². The maximum atomic E-state index is 12.2. The molecule has 2 atom stereocenters. The minimum Gasteiger partial charge on any atom is -0.496 e. The summed E-state index contributed by atoms with van der Waals surface area (Å²) in [7, 11) is 1.53. The van der Waals surface area contributed by atoms with Crippen LogP contribution in [0.1, 0.15) is 85.8 Å². The molecule has 2 rings (SSSR count). The highest BCUT2D eigenvalue weighted by molar-refractivity contribution is 5.94. The topological polar surface area (TPSA) is 66.8 Å². The second-order valence-electron chi connectivity index (χ2n) is 7.97. The molecule has 0 saturated carbocycles. The van der Waals surface area contributed by atoms with Crippen LogP contribution < -0.4 is 4.74 Å². The summed E-state index contributed by atoms with van der Waals surface area (Å²) in [5, 5.41) is 20.1. The van der Waals surface area contributed by atoms with Crippen LogP contribution in [0.25, 0.3) is 0 Å². The Labute approximate surface area is 168 Å². The summed E-state index contributed by atoms with van der Waals surface area (Å²) in [6, 6.07) is 1.88. The number of carbonyl (C=O) groups is 1. The van der Waals surface area contributed by atoms with Crippen LogP contribution in [-0.4, -0.2) is 23.3 Å². The molecule has 0 saturated heterocycles. The van der Waals surface area contributed by atoms with E-state index in [2.05, 4.69) is 26.5 Å². The van der Waals surface area contributed by atoms with Crippen LogP contribution in [0.15, 0.2) is 29.9 Å². The monoisotopic (exact) mass is 386 g/mol. The van der Waals surface area contributed by atoms with Crippen molar-refractivity contribution in [1.29, 1.82) is 0 Å². The van der Waals surface area contributed by atoms with Gasteiger partial charge in [0, 0.05) is 11.5 Å². The van der Waals surface area contributed by atoms with Gasteiger partial charge in [-0.1, -0.05) is 49.6 Å². The van der Waals surface area contributed by atoms with E-state index >= 15 is 0 Å².